The van der Waals surface area contributed by atoms with Gasteiger partial charge in [0.2, 0.25) is 5.88 Å². The first-order chi connectivity index (χ1) is 7.61. The molecule has 0 saturated heterocycles. The van der Waals surface area contributed by atoms with Crippen LogP contribution < -0.4 is 10.5 Å². The highest BCUT2D eigenvalue weighted by atomic mass is 32.1. The Hall–Kier alpha value is -1.20. The van der Waals surface area contributed by atoms with Crippen LogP contribution >= 0.6 is 12.2 Å². The summed E-state index contributed by atoms with van der Waals surface area (Å²) in [6.07, 6.45) is 0.732. The van der Waals surface area contributed by atoms with E-state index in [1.165, 1.54) is 0 Å². The molecule has 1 heterocycles. The molecule has 0 spiro atoms. The molecule has 5 heteroatoms. The van der Waals surface area contributed by atoms with Gasteiger partial charge in [0, 0.05) is 25.6 Å². The van der Waals surface area contributed by atoms with Crippen molar-refractivity contribution in [1.82, 2.24) is 9.88 Å². The molecular formula is C11H17N3OS. The fraction of sp³-hybridized carbons (Fsp3) is 0.455. The Morgan fingerprint density at radius 3 is 2.94 bits per heavy atom. The highest BCUT2D eigenvalue weighted by molar-refractivity contribution is 7.80. The second-order valence-electron chi connectivity index (χ2n) is 3.63. The van der Waals surface area contributed by atoms with Crippen molar-refractivity contribution in [3.8, 4) is 5.88 Å². The Balaban J connectivity index is 2.48. The van der Waals surface area contributed by atoms with E-state index in [4.69, 9.17) is 22.7 Å². The average Bonchev–Trinajstić information content (AvgIpc) is 2.26. The topological polar surface area (TPSA) is 51.4 Å². The predicted octanol–water partition coefficient (Wildman–Crippen LogP) is 1.20. The summed E-state index contributed by atoms with van der Waals surface area (Å²) in [5, 5.41) is 0. The molecule has 88 valence electrons. The first kappa shape index (κ1) is 12.9. The van der Waals surface area contributed by atoms with Gasteiger partial charge in [0.25, 0.3) is 0 Å². The van der Waals surface area contributed by atoms with Crippen LogP contribution in [0.15, 0.2) is 18.2 Å². The molecule has 1 rings (SSSR count). The fourth-order valence-electron chi connectivity index (χ4n) is 1.32. The quantitative estimate of drug-likeness (QED) is 0.756. The summed E-state index contributed by atoms with van der Waals surface area (Å²) in [5.41, 5.74) is 6.43. The number of hydrogen-bond acceptors (Lipinski definition) is 4. The number of thiocarbonyl (C=S) groups is 1. The number of aromatic nitrogens is 1. The maximum Gasteiger partial charge on any atom is 0.213 e. The van der Waals surface area contributed by atoms with Gasteiger partial charge in [0.1, 0.15) is 0 Å². The molecule has 0 bridgehead atoms. The lowest BCUT2D eigenvalue weighted by atomic mass is 10.3. The molecule has 0 unspecified atom stereocenters. The van der Waals surface area contributed by atoms with Crippen molar-refractivity contribution in [1.29, 1.82) is 0 Å². The van der Waals surface area contributed by atoms with Gasteiger partial charge < -0.3 is 15.4 Å². The number of rotatable bonds is 6. The van der Waals surface area contributed by atoms with E-state index < -0.39 is 0 Å². The third-order valence-electron chi connectivity index (χ3n) is 2.16. The van der Waals surface area contributed by atoms with Crippen molar-refractivity contribution >= 4 is 17.2 Å². The number of nitrogens with zero attached hydrogens (tertiary/aromatic N) is 2. The second kappa shape index (κ2) is 6.40. The van der Waals surface area contributed by atoms with Crippen molar-refractivity contribution in [3.05, 3.63) is 23.9 Å². The summed E-state index contributed by atoms with van der Waals surface area (Å²) in [5.74, 6) is 0.639. The predicted molar refractivity (Wildman–Crippen MR) is 68.5 cm³/mol. The molecule has 0 radical (unpaired) electrons. The molecule has 4 nitrogen and oxygen atoms in total. The first-order valence-electron chi connectivity index (χ1n) is 5.08. The van der Waals surface area contributed by atoms with Gasteiger partial charge in [0.05, 0.1) is 17.8 Å². The molecule has 1 aromatic rings. The van der Waals surface area contributed by atoms with Crippen LogP contribution in [0.4, 0.5) is 0 Å². The highest BCUT2D eigenvalue weighted by Crippen LogP contribution is 2.08. The normalized spacial score (nSPS) is 10.4. The summed E-state index contributed by atoms with van der Waals surface area (Å²) in [6, 6.07) is 5.74. The monoisotopic (exact) mass is 239 g/mol. The standard InChI is InChI=1S/C11H17N3OS/c1-14(7-6-10(12)16)8-9-4-3-5-11(13-9)15-2/h3-5H,6-8H2,1-2H3,(H2,12,16). The van der Waals surface area contributed by atoms with Gasteiger partial charge >= 0.3 is 0 Å². The number of ether oxygens (including phenoxy) is 1. The van der Waals surface area contributed by atoms with E-state index in [0.717, 1.165) is 25.2 Å². The maximum absolute atomic E-state index is 5.45. The van der Waals surface area contributed by atoms with Gasteiger partial charge in [-0.25, -0.2) is 4.98 Å². The van der Waals surface area contributed by atoms with Gasteiger partial charge in [-0.2, -0.15) is 0 Å². The summed E-state index contributed by atoms with van der Waals surface area (Å²) < 4.78 is 5.06. The highest BCUT2D eigenvalue weighted by Gasteiger charge is 2.03. The number of hydrogen-bond donors (Lipinski definition) is 1. The summed E-state index contributed by atoms with van der Waals surface area (Å²) in [6.45, 7) is 1.61. The summed E-state index contributed by atoms with van der Waals surface area (Å²) in [7, 11) is 3.63. The van der Waals surface area contributed by atoms with Crippen LogP contribution in [0.3, 0.4) is 0 Å². The largest absolute Gasteiger partial charge is 0.481 e. The van der Waals surface area contributed by atoms with Gasteiger partial charge in [-0.15, -0.1) is 0 Å². The number of nitrogens with two attached hydrogens (primary N) is 1. The Bertz CT molecular complexity index is 357. The molecule has 0 aliphatic heterocycles. The minimum atomic E-state index is 0.547. The van der Waals surface area contributed by atoms with Crippen LogP contribution in [0.2, 0.25) is 0 Å². The number of pyridine rings is 1. The zero-order valence-corrected chi connectivity index (χ0v) is 10.5. The molecule has 1 aromatic heterocycles. The Labute approximate surface area is 101 Å². The summed E-state index contributed by atoms with van der Waals surface area (Å²) >= 11 is 4.83. The molecule has 0 saturated carbocycles. The minimum Gasteiger partial charge on any atom is -0.481 e. The van der Waals surface area contributed by atoms with Crippen molar-refractivity contribution in [2.45, 2.75) is 13.0 Å². The second-order valence-corrected chi connectivity index (χ2v) is 4.15. The lowest BCUT2D eigenvalue weighted by molar-refractivity contribution is 0.329. The molecular weight excluding hydrogens is 222 g/mol. The van der Waals surface area contributed by atoms with Crippen LogP contribution in [0.1, 0.15) is 12.1 Å². The zero-order valence-electron chi connectivity index (χ0n) is 9.64. The van der Waals surface area contributed by atoms with Crippen LogP contribution in [0.5, 0.6) is 5.88 Å². The van der Waals surface area contributed by atoms with Gasteiger partial charge in [0.15, 0.2) is 0 Å². The van der Waals surface area contributed by atoms with Crippen LogP contribution in [0.25, 0.3) is 0 Å². The molecule has 0 amide bonds. The summed E-state index contributed by atoms with van der Waals surface area (Å²) in [4.78, 5) is 7.00. The molecule has 0 aliphatic carbocycles. The lowest BCUT2D eigenvalue weighted by Gasteiger charge is -2.15. The average molecular weight is 239 g/mol. The SMILES string of the molecule is COc1cccc(CN(C)CCC(N)=S)n1. The fourth-order valence-corrected chi connectivity index (χ4v) is 1.41. The minimum absolute atomic E-state index is 0.547. The van der Waals surface area contributed by atoms with Gasteiger partial charge in [-0.05, 0) is 13.1 Å². The molecule has 0 aliphatic rings. The molecule has 2 N–H and O–H groups in total. The molecule has 0 fully saturated rings. The van der Waals surface area contributed by atoms with Crippen molar-refractivity contribution < 1.29 is 4.74 Å². The Morgan fingerprint density at radius 2 is 2.31 bits per heavy atom. The Morgan fingerprint density at radius 1 is 1.56 bits per heavy atom. The van der Waals surface area contributed by atoms with E-state index in [-0.39, 0.29) is 0 Å². The molecule has 16 heavy (non-hydrogen) atoms. The first-order valence-corrected chi connectivity index (χ1v) is 5.49. The van der Waals surface area contributed by atoms with Crippen molar-refractivity contribution in [2.75, 3.05) is 20.7 Å². The van der Waals surface area contributed by atoms with E-state index in [1.54, 1.807) is 7.11 Å². The lowest BCUT2D eigenvalue weighted by Crippen LogP contribution is -2.23. The maximum atomic E-state index is 5.45. The van der Waals surface area contributed by atoms with Crippen molar-refractivity contribution in [2.24, 2.45) is 5.73 Å². The van der Waals surface area contributed by atoms with Gasteiger partial charge in [-0.1, -0.05) is 18.3 Å². The van der Waals surface area contributed by atoms with E-state index in [2.05, 4.69) is 9.88 Å². The molecule has 0 aromatic carbocycles. The van der Waals surface area contributed by atoms with Crippen molar-refractivity contribution in [3.63, 3.8) is 0 Å². The van der Waals surface area contributed by atoms with E-state index in [0.29, 0.717) is 10.9 Å². The van der Waals surface area contributed by atoms with E-state index >= 15 is 0 Å². The van der Waals surface area contributed by atoms with Gasteiger partial charge in [-0.3, -0.25) is 0 Å². The van der Waals surface area contributed by atoms with Crippen LogP contribution in [-0.2, 0) is 6.54 Å². The third kappa shape index (κ3) is 4.55. The molecule has 0 atom stereocenters. The van der Waals surface area contributed by atoms with Crippen LogP contribution in [0, 0.1) is 0 Å². The van der Waals surface area contributed by atoms with E-state index in [1.807, 2.05) is 25.2 Å². The Kier molecular flexibility index (Phi) is 5.14. The number of methoxy groups -OCH3 is 1. The zero-order chi connectivity index (χ0) is 12.0. The van der Waals surface area contributed by atoms with Crippen LogP contribution in [-0.4, -0.2) is 35.6 Å². The third-order valence-corrected chi connectivity index (χ3v) is 2.37. The smallest absolute Gasteiger partial charge is 0.213 e. The van der Waals surface area contributed by atoms with E-state index in [9.17, 15) is 0 Å².